The number of halogens is 3. The number of hydrogen-bond acceptors (Lipinski definition) is 5. The molecule has 1 heterocycles. The third kappa shape index (κ3) is 6.29. The predicted molar refractivity (Wildman–Crippen MR) is 78.7 cm³/mol. The van der Waals surface area contributed by atoms with Crippen LogP contribution < -0.4 is 5.73 Å². The highest BCUT2D eigenvalue weighted by Gasteiger charge is 2.46. The van der Waals surface area contributed by atoms with E-state index in [1.807, 2.05) is 0 Å². The normalized spacial score (nSPS) is 22.1. The van der Waals surface area contributed by atoms with Crippen molar-refractivity contribution in [1.29, 1.82) is 0 Å². The van der Waals surface area contributed by atoms with Crippen LogP contribution in [0.25, 0.3) is 0 Å². The van der Waals surface area contributed by atoms with Gasteiger partial charge in [0.1, 0.15) is 11.6 Å². The number of carboxylic acids is 1. The highest BCUT2D eigenvalue weighted by molar-refractivity contribution is 6.40. The van der Waals surface area contributed by atoms with Crippen LogP contribution >= 0.6 is 0 Å². The largest absolute Gasteiger partial charge is 0.480 e. The van der Waals surface area contributed by atoms with Crippen LogP contribution in [0.3, 0.4) is 0 Å². The van der Waals surface area contributed by atoms with Crippen LogP contribution in [0.2, 0.25) is 6.32 Å². The highest BCUT2D eigenvalue weighted by Crippen LogP contribution is 2.33. The summed E-state index contributed by atoms with van der Waals surface area (Å²) in [6, 6.07) is -1.52. The number of nitrogens with two attached hydrogens (primary N) is 1. The molecule has 0 amide bonds. The molecule has 0 spiro atoms. The molecule has 134 valence electrons. The molecule has 1 aliphatic rings. The quantitative estimate of drug-likeness (QED) is 0.366. The zero-order valence-electron chi connectivity index (χ0n) is 12.9. The maximum absolute atomic E-state index is 12.9. The molecule has 1 aliphatic heterocycles. The van der Waals surface area contributed by atoms with Crippen molar-refractivity contribution in [3.63, 3.8) is 0 Å². The summed E-state index contributed by atoms with van der Waals surface area (Å²) in [4.78, 5) is 12.6. The molecule has 1 fully saturated rings. The molecule has 0 aromatic carbocycles. The van der Waals surface area contributed by atoms with Crippen LogP contribution in [0.15, 0.2) is 0 Å². The molecule has 1 rings (SSSR count). The van der Waals surface area contributed by atoms with Crippen molar-refractivity contribution in [2.24, 2.45) is 5.73 Å². The molecule has 0 bridgehead atoms. The standard InChI is InChI=1S/C13H24BF3N2O4/c15-13(16,17)10-4-3-8-19(10)9-6-12(18,11(20)21)5-1-2-7-14(22)23/h10,22-23H,1-9,18H2,(H,20,21)/t10-,12?/m1/s1. The van der Waals surface area contributed by atoms with Crippen molar-refractivity contribution in [3.05, 3.63) is 0 Å². The van der Waals surface area contributed by atoms with Gasteiger partial charge in [-0.3, -0.25) is 9.69 Å². The fourth-order valence-corrected chi connectivity index (χ4v) is 2.91. The van der Waals surface area contributed by atoms with Crippen molar-refractivity contribution in [1.82, 2.24) is 4.90 Å². The summed E-state index contributed by atoms with van der Waals surface area (Å²) in [5, 5.41) is 26.8. The van der Waals surface area contributed by atoms with Crippen LogP contribution in [-0.2, 0) is 4.79 Å². The lowest BCUT2D eigenvalue weighted by molar-refractivity contribution is -0.176. The van der Waals surface area contributed by atoms with E-state index in [1.54, 1.807) is 0 Å². The molecule has 0 aromatic rings. The smallest absolute Gasteiger partial charge is 0.451 e. The number of likely N-dealkylation sites (tertiary alicyclic amines) is 1. The second-order valence-corrected chi connectivity index (χ2v) is 6.17. The van der Waals surface area contributed by atoms with Gasteiger partial charge in [-0.25, -0.2) is 0 Å². The molecular formula is C13H24BF3N2O4. The molecule has 0 aromatic heterocycles. The molecule has 6 nitrogen and oxygen atoms in total. The molecule has 0 saturated carbocycles. The first-order chi connectivity index (χ1) is 10.6. The van der Waals surface area contributed by atoms with E-state index in [0.29, 0.717) is 19.3 Å². The Balaban J connectivity index is 2.53. The first-order valence-corrected chi connectivity index (χ1v) is 7.75. The SMILES string of the molecule is NC(CCCCB(O)O)(CCN1CCC[C@@H]1C(F)(F)F)C(=O)O. The van der Waals surface area contributed by atoms with Gasteiger partial charge in [0.05, 0.1) is 0 Å². The van der Waals surface area contributed by atoms with Crippen molar-refractivity contribution in [2.75, 3.05) is 13.1 Å². The summed E-state index contributed by atoms with van der Waals surface area (Å²) >= 11 is 0. The fraction of sp³-hybridized carbons (Fsp3) is 0.923. The summed E-state index contributed by atoms with van der Waals surface area (Å²) in [5.41, 5.74) is 4.26. The Kier molecular flexibility index (Phi) is 7.31. The zero-order valence-corrected chi connectivity index (χ0v) is 12.9. The molecule has 5 N–H and O–H groups in total. The average Bonchev–Trinajstić information content (AvgIpc) is 2.89. The van der Waals surface area contributed by atoms with E-state index in [2.05, 4.69) is 0 Å². The first-order valence-electron chi connectivity index (χ1n) is 7.75. The molecule has 23 heavy (non-hydrogen) atoms. The van der Waals surface area contributed by atoms with Gasteiger partial charge in [-0.15, -0.1) is 0 Å². The van der Waals surface area contributed by atoms with Gasteiger partial charge in [-0.2, -0.15) is 13.2 Å². The molecule has 1 unspecified atom stereocenters. The number of carbonyl (C=O) groups is 1. The second-order valence-electron chi connectivity index (χ2n) is 6.17. The number of carboxylic acid groups (broad SMARTS) is 1. The lowest BCUT2D eigenvalue weighted by Crippen LogP contribution is -2.51. The monoisotopic (exact) mass is 340 g/mol. The molecule has 1 saturated heterocycles. The maximum Gasteiger partial charge on any atom is 0.451 e. The summed E-state index contributed by atoms with van der Waals surface area (Å²) in [6.07, 6.45) is -2.98. The predicted octanol–water partition coefficient (Wildman–Crippen LogP) is 0.828. The van der Waals surface area contributed by atoms with E-state index >= 15 is 0 Å². The Labute approximate surface area is 133 Å². The number of alkyl halides is 3. The van der Waals surface area contributed by atoms with Crippen LogP contribution in [0.1, 0.15) is 38.5 Å². The van der Waals surface area contributed by atoms with Crippen molar-refractivity contribution in [2.45, 2.75) is 62.6 Å². The lowest BCUT2D eigenvalue weighted by atomic mass is 9.81. The van der Waals surface area contributed by atoms with Crippen LogP contribution in [0.4, 0.5) is 13.2 Å². The van der Waals surface area contributed by atoms with Gasteiger partial charge in [0.15, 0.2) is 0 Å². The van der Waals surface area contributed by atoms with Gasteiger partial charge >= 0.3 is 19.3 Å². The van der Waals surface area contributed by atoms with Gasteiger partial charge in [-0.05, 0) is 38.5 Å². The van der Waals surface area contributed by atoms with E-state index in [-0.39, 0.29) is 38.7 Å². The fourth-order valence-electron chi connectivity index (χ4n) is 2.91. The third-order valence-electron chi connectivity index (χ3n) is 4.35. The molecule has 2 atom stereocenters. The Morgan fingerprint density at radius 3 is 2.43 bits per heavy atom. The van der Waals surface area contributed by atoms with E-state index in [1.165, 1.54) is 4.90 Å². The molecule has 0 aliphatic carbocycles. The van der Waals surface area contributed by atoms with Crippen molar-refractivity contribution in [3.8, 4) is 0 Å². The first kappa shape index (κ1) is 20.2. The number of hydrogen-bond donors (Lipinski definition) is 4. The third-order valence-corrected chi connectivity index (χ3v) is 4.35. The lowest BCUT2D eigenvalue weighted by Gasteiger charge is -2.31. The molecular weight excluding hydrogens is 316 g/mol. The Bertz CT molecular complexity index is 398. The van der Waals surface area contributed by atoms with Crippen LogP contribution in [0, 0.1) is 0 Å². The average molecular weight is 340 g/mol. The number of unbranched alkanes of at least 4 members (excludes halogenated alkanes) is 1. The summed E-state index contributed by atoms with van der Waals surface area (Å²) in [5.74, 6) is -1.25. The summed E-state index contributed by atoms with van der Waals surface area (Å²) in [6.45, 7) is 0.270. The zero-order chi connectivity index (χ0) is 17.7. The van der Waals surface area contributed by atoms with Crippen molar-refractivity contribution < 1.29 is 33.1 Å². The minimum atomic E-state index is -4.31. The van der Waals surface area contributed by atoms with Gasteiger partial charge in [0.2, 0.25) is 0 Å². The Hall–Kier alpha value is -0.835. The molecule has 0 radical (unpaired) electrons. The molecule has 10 heteroatoms. The topological polar surface area (TPSA) is 107 Å². The van der Waals surface area contributed by atoms with E-state index in [0.717, 1.165) is 0 Å². The van der Waals surface area contributed by atoms with E-state index in [9.17, 15) is 23.1 Å². The number of nitrogens with zero attached hydrogens (tertiary/aromatic N) is 1. The van der Waals surface area contributed by atoms with Crippen LogP contribution in [-0.4, -0.2) is 64.0 Å². The summed E-state index contributed by atoms with van der Waals surface area (Å²) < 4.78 is 38.6. The van der Waals surface area contributed by atoms with E-state index < -0.39 is 30.8 Å². The van der Waals surface area contributed by atoms with E-state index in [4.69, 9.17) is 15.8 Å². The highest BCUT2D eigenvalue weighted by atomic mass is 19.4. The summed E-state index contributed by atoms with van der Waals surface area (Å²) in [7, 11) is -1.45. The number of rotatable bonds is 9. The minimum Gasteiger partial charge on any atom is -0.480 e. The second kappa shape index (κ2) is 8.32. The van der Waals surface area contributed by atoms with Gasteiger partial charge in [-0.1, -0.05) is 12.8 Å². The number of aliphatic carboxylic acids is 1. The Morgan fingerprint density at radius 2 is 1.91 bits per heavy atom. The van der Waals surface area contributed by atoms with Crippen molar-refractivity contribution >= 4 is 13.1 Å². The van der Waals surface area contributed by atoms with Crippen LogP contribution in [0.5, 0.6) is 0 Å². The van der Waals surface area contributed by atoms with Gasteiger partial charge in [0, 0.05) is 6.54 Å². The van der Waals surface area contributed by atoms with Gasteiger partial charge in [0.25, 0.3) is 0 Å². The Morgan fingerprint density at radius 1 is 1.26 bits per heavy atom. The van der Waals surface area contributed by atoms with Gasteiger partial charge < -0.3 is 20.9 Å². The minimum absolute atomic E-state index is 0.0183. The maximum atomic E-state index is 12.9.